The fraction of sp³-hybridized carbons (Fsp3) is 0.429. The molecule has 0 bridgehead atoms. The zero-order chi connectivity index (χ0) is 13.9. The number of aromatic nitrogens is 1. The maximum Gasteiger partial charge on any atom is 0.252 e. The Bertz CT molecular complexity index is 497. The second-order valence-electron chi connectivity index (χ2n) is 5.18. The zero-order valence-corrected chi connectivity index (χ0v) is 11.8. The molecule has 1 amide bonds. The van der Waals surface area contributed by atoms with Gasteiger partial charge in [-0.25, -0.2) is 4.98 Å². The molecular formula is C14H17ClN2O. The lowest BCUT2D eigenvalue weighted by Gasteiger charge is -2.19. The number of carbonyl (C=O) groups is 1. The molecule has 0 saturated carbocycles. The molecular weight excluding hydrogens is 248 g/mol. The van der Waals surface area contributed by atoms with Gasteiger partial charge in [0.25, 0.3) is 5.91 Å². The van der Waals surface area contributed by atoms with Gasteiger partial charge in [0.15, 0.2) is 0 Å². The van der Waals surface area contributed by atoms with Gasteiger partial charge in [-0.2, -0.15) is 0 Å². The van der Waals surface area contributed by atoms with E-state index < -0.39 is 0 Å². The minimum atomic E-state index is -0.317. The molecule has 0 aromatic carbocycles. The van der Waals surface area contributed by atoms with E-state index in [2.05, 4.69) is 16.2 Å². The first kappa shape index (κ1) is 14.5. The van der Waals surface area contributed by atoms with Gasteiger partial charge in [-0.15, -0.1) is 6.42 Å². The largest absolute Gasteiger partial charge is 0.339 e. The molecule has 0 spiro atoms. The number of halogens is 1. The highest BCUT2D eigenvalue weighted by Gasteiger charge is 2.19. The number of pyridine rings is 1. The molecule has 0 fully saturated rings. The number of hydrogen-bond acceptors (Lipinski definition) is 2. The molecule has 0 aliphatic heterocycles. The summed E-state index contributed by atoms with van der Waals surface area (Å²) in [4.78, 5) is 16.2. The summed E-state index contributed by atoms with van der Waals surface area (Å²) in [5.41, 5.74) is 1.08. The number of terminal acetylenes is 1. The summed E-state index contributed by atoms with van der Waals surface area (Å²) in [6, 6.07) is 2.96. The second-order valence-corrected chi connectivity index (χ2v) is 5.56. The number of rotatable bonds is 2. The SMILES string of the molecule is C#CC(C)NC(=O)c1cc(Cl)nc(C(C)(C)C)c1. The van der Waals surface area contributed by atoms with Crippen molar-refractivity contribution >= 4 is 17.5 Å². The number of hydrogen-bond donors (Lipinski definition) is 1. The van der Waals surface area contributed by atoms with Crippen molar-refractivity contribution in [2.24, 2.45) is 0 Å². The number of nitrogens with zero attached hydrogens (tertiary/aromatic N) is 1. The molecule has 1 atom stereocenters. The quantitative estimate of drug-likeness (QED) is 0.659. The lowest BCUT2D eigenvalue weighted by atomic mass is 9.91. The van der Waals surface area contributed by atoms with Gasteiger partial charge in [0.1, 0.15) is 5.15 Å². The Morgan fingerprint density at radius 1 is 1.50 bits per heavy atom. The molecule has 1 aromatic rings. The van der Waals surface area contributed by atoms with Gasteiger partial charge in [0.2, 0.25) is 0 Å². The summed E-state index contributed by atoms with van der Waals surface area (Å²) in [5.74, 6) is 2.20. The van der Waals surface area contributed by atoms with Crippen LogP contribution in [0.1, 0.15) is 43.7 Å². The van der Waals surface area contributed by atoms with E-state index in [1.165, 1.54) is 6.07 Å². The Balaban J connectivity index is 3.08. The predicted octanol–water partition coefficient (Wildman–Crippen LogP) is 2.78. The van der Waals surface area contributed by atoms with Gasteiger partial charge in [0, 0.05) is 16.7 Å². The van der Waals surface area contributed by atoms with E-state index in [0.29, 0.717) is 10.7 Å². The standard InChI is InChI=1S/C14H17ClN2O/c1-6-9(2)16-13(18)10-7-11(14(3,4)5)17-12(15)8-10/h1,7-9H,2-5H3,(H,16,18). The van der Waals surface area contributed by atoms with Gasteiger partial charge in [0.05, 0.1) is 6.04 Å². The summed E-state index contributed by atoms with van der Waals surface area (Å²) in [6.07, 6.45) is 5.22. The molecule has 1 rings (SSSR count). The Hall–Kier alpha value is -1.53. The molecule has 0 aliphatic rings. The summed E-state index contributed by atoms with van der Waals surface area (Å²) >= 11 is 5.94. The maximum absolute atomic E-state index is 12.0. The van der Waals surface area contributed by atoms with Crippen LogP contribution in [-0.2, 0) is 5.41 Å². The third-order valence-electron chi connectivity index (χ3n) is 2.42. The Morgan fingerprint density at radius 2 is 2.11 bits per heavy atom. The molecule has 3 nitrogen and oxygen atoms in total. The van der Waals surface area contributed by atoms with Crippen LogP contribution in [0.3, 0.4) is 0 Å². The third-order valence-corrected chi connectivity index (χ3v) is 2.62. The average molecular weight is 265 g/mol. The van der Waals surface area contributed by atoms with Crippen LogP contribution in [0.25, 0.3) is 0 Å². The van der Waals surface area contributed by atoms with Crippen LogP contribution in [0.5, 0.6) is 0 Å². The van der Waals surface area contributed by atoms with Gasteiger partial charge in [-0.05, 0) is 19.1 Å². The summed E-state index contributed by atoms with van der Waals surface area (Å²) < 4.78 is 0. The van der Waals surface area contributed by atoms with Crippen molar-refractivity contribution in [3.8, 4) is 12.3 Å². The first-order valence-electron chi connectivity index (χ1n) is 5.69. The van der Waals surface area contributed by atoms with Crippen molar-refractivity contribution in [2.75, 3.05) is 0 Å². The minimum absolute atomic E-state index is 0.169. The van der Waals surface area contributed by atoms with Crippen molar-refractivity contribution in [1.29, 1.82) is 0 Å². The van der Waals surface area contributed by atoms with Crippen molar-refractivity contribution < 1.29 is 4.79 Å². The van der Waals surface area contributed by atoms with Crippen LogP contribution in [0, 0.1) is 12.3 Å². The Labute approximate surface area is 113 Å². The molecule has 0 radical (unpaired) electrons. The van der Waals surface area contributed by atoms with Crippen molar-refractivity contribution in [3.63, 3.8) is 0 Å². The van der Waals surface area contributed by atoms with Crippen LogP contribution in [-0.4, -0.2) is 16.9 Å². The normalized spacial score (nSPS) is 12.7. The van der Waals surface area contributed by atoms with E-state index >= 15 is 0 Å². The molecule has 1 aromatic heterocycles. The van der Waals surface area contributed by atoms with E-state index in [1.54, 1.807) is 13.0 Å². The third kappa shape index (κ3) is 3.75. The summed E-state index contributed by atoms with van der Waals surface area (Å²) in [6.45, 7) is 7.78. The van der Waals surface area contributed by atoms with E-state index in [-0.39, 0.29) is 17.4 Å². The summed E-state index contributed by atoms with van der Waals surface area (Å²) in [5, 5.41) is 3.00. The van der Waals surface area contributed by atoms with Crippen molar-refractivity contribution in [1.82, 2.24) is 10.3 Å². The Morgan fingerprint density at radius 3 is 2.61 bits per heavy atom. The Kier molecular flexibility index (Phi) is 4.37. The monoisotopic (exact) mass is 264 g/mol. The zero-order valence-electron chi connectivity index (χ0n) is 11.0. The highest BCUT2D eigenvalue weighted by Crippen LogP contribution is 2.23. The fourth-order valence-electron chi connectivity index (χ4n) is 1.33. The van der Waals surface area contributed by atoms with E-state index in [9.17, 15) is 4.79 Å². The highest BCUT2D eigenvalue weighted by atomic mass is 35.5. The number of carbonyl (C=O) groups excluding carboxylic acids is 1. The van der Waals surface area contributed by atoms with Crippen LogP contribution < -0.4 is 5.32 Å². The van der Waals surface area contributed by atoms with Crippen LogP contribution in [0.4, 0.5) is 0 Å². The molecule has 4 heteroatoms. The smallest absolute Gasteiger partial charge is 0.252 e. The van der Waals surface area contributed by atoms with Crippen molar-refractivity contribution in [3.05, 3.63) is 28.5 Å². The number of nitrogens with one attached hydrogen (secondary N) is 1. The van der Waals surface area contributed by atoms with Crippen LogP contribution in [0.15, 0.2) is 12.1 Å². The van der Waals surface area contributed by atoms with Crippen LogP contribution in [0.2, 0.25) is 5.15 Å². The fourth-order valence-corrected chi connectivity index (χ4v) is 1.54. The van der Waals surface area contributed by atoms with Crippen molar-refractivity contribution in [2.45, 2.75) is 39.2 Å². The van der Waals surface area contributed by atoms with E-state index in [4.69, 9.17) is 18.0 Å². The maximum atomic E-state index is 12.0. The van der Waals surface area contributed by atoms with E-state index in [0.717, 1.165) is 5.69 Å². The first-order valence-corrected chi connectivity index (χ1v) is 6.07. The predicted molar refractivity (Wildman–Crippen MR) is 73.7 cm³/mol. The molecule has 1 N–H and O–H groups in total. The average Bonchev–Trinajstić information content (AvgIpc) is 2.26. The highest BCUT2D eigenvalue weighted by molar-refractivity contribution is 6.29. The topological polar surface area (TPSA) is 42.0 Å². The lowest BCUT2D eigenvalue weighted by molar-refractivity contribution is 0.0948. The van der Waals surface area contributed by atoms with Gasteiger partial charge >= 0.3 is 0 Å². The summed E-state index contributed by atoms with van der Waals surface area (Å²) in [7, 11) is 0. The molecule has 96 valence electrons. The molecule has 1 unspecified atom stereocenters. The van der Waals surface area contributed by atoms with Crippen LogP contribution >= 0.6 is 11.6 Å². The number of amides is 1. The van der Waals surface area contributed by atoms with Gasteiger partial charge < -0.3 is 5.32 Å². The van der Waals surface area contributed by atoms with Gasteiger partial charge in [-0.1, -0.05) is 38.3 Å². The molecule has 1 heterocycles. The minimum Gasteiger partial charge on any atom is -0.339 e. The lowest BCUT2D eigenvalue weighted by Crippen LogP contribution is -2.31. The molecule has 18 heavy (non-hydrogen) atoms. The van der Waals surface area contributed by atoms with E-state index in [1.807, 2.05) is 20.8 Å². The second kappa shape index (κ2) is 5.41. The van der Waals surface area contributed by atoms with Gasteiger partial charge in [-0.3, -0.25) is 4.79 Å². The molecule has 0 saturated heterocycles. The molecule has 0 aliphatic carbocycles. The first-order chi connectivity index (χ1) is 8.24.